The molecule has 0 saturated carbocycles. The average Bonchev–Trinajstić information content (AvgIpc) is 2.82. The summed E-state index contributed by atoms with van der Waals surface area (Å²) in [7, 11) is -4.04. The van der Waals surface area contributed by atoms with E-state index in [1.54, 1.807) is 24.3 Å². The Morgan fingerprint density at radius 2 is 1.76 bits per heavy atom. The van der Waals surface area contributed by atoms with E-state index in [4.69, 9.17) is 9.39 Å². The number of hydrogen-bond acceptors (Lipinski definition) is 6. The van der Waals surface area contributed by atoms with E-state index in [9.17, 15) is 8.42 Å². The van der Waals surface area contributed by atoms with Crippen LogP contribution >= 0.6 is 0 Å². The van der Waals surface area contributed by atoms with Crippen LogP contribution in [0.4, 0.5) is 0 Å². The van der Waals surface area contributed by atoms with Crippen molar-refractivity contribution >= 4 is 21.2 Å². The Morgan fingerprint density at radius 3 is 2.48 bits per heavy atom. The number of rotatable bonds is 3. The van der Waals surface area contributed by atoms with Crippen molar-refractivity contribution in [1.29, 1.82) is 0 Å². The van der Waals surface area contributed by atoms with Crippen molar-refractivity contribution in [2.45, 2.75) is 4.90 Å². The van der Waals surface area contributed by atoms with Gasteiger partial charge < -0.3 is 6.53 Å². The third kappa shape index (κ3) is 3.18. The molecule has 0 unspecified atom stereocenters. The number of para-hydroxylation sites is 1. The molecular weight excluding hydrogens is 305 g/mol. The van der Waals surface area contributed by atoms with Gasteiger partial charge in [-0.25, -0.2) is 0 Å². The number of hydrogen-bond donors (Lipinski definition) is 1. The molecule has 2 aromatic carbocycles. The number of phenols is 1. The summed E-state index contributed by atoms with van der Waals surface area (Å²) in [5.74, 6) is -0.0323. The van der Waals surface area contributed by atoms with Crippen LogP contribution in [0.1, 0.15) is 1.43 Å². The van der Waals surface area contributed by atoms with E-state index < -0.39 is 10.1 Å². The van der Waals surface area contributed by atoms with Crippen molar-refractivity contribution in [3.05, 3.63) is 48.5 Å². The van der Waals surface area contributed by atoms with Crippen LogP contribution < -0.4 is 33.8 Å². The second kappa shape index (κ2) is 6.02. The summed E-state index contributed by atoms with van der Waals surface area (Å²) in [4.78, 5) is 0.757. The third-order valence-corrected chi connectivity index (χ3v) is 3.80. The first-order valence-corrected chi connectivity index (χ1v) is 7.01. The van der Waals surface area contributed by atoms with Crippen LogP contribution in [0.5, 0.6) is 5.75 Å². The summed E-state index contributed by atoms with van der Waals surface area (Å²) in [6.07, 6.45) is 0. The number of nitrogens with zero attached hydrogens (tertiary/aromatic N) is 3. The third-order valence-electron chi connectivity index (χ3n) is 2.62. The molecule has 1 aromatic heterocycles. The summed E-state index contributed by atoms with van der Waals surface area (Å²) in [5.41, 5.74) is 0.961. The maximum absolute atomic E-state index is 12.1. The quantitative estimate of drug-likeness (QED) is 0.566. The fourth-order valence-electron chi connectivity index (χ4n) is 1.65. The van der Waals surface area contributed by atoms with E-state index in [0.717, 1.165) is 4.85 Å². The summed E-state index contributed by atoms with van der Waals surface area (Å²) in [5, 5.41) is 16.6. The average molecular weight is 315 g/mol. The maximum Gasteiger partial charge on any atom is 1.00 e. The first-order valence-electron chi connectivity index (χ1n) is 5.61. The minimum atomic E-state index is -4.04. The summed E-state index contributed by atoms with van der Waals surface area (Å²) < 4.78 is 29.0. The molecule has 0 radical (unpaired) electrons. The Kier molecular flexibility index (Phi) is 4.52. The normalized spacial score (nSPS) is 11.0. The minimum absolute atomic E-state index is 0. The van der Waals surface area contributed by atoms with E-state index in [1.807, 2.05) is 0 Å². The standard InChI is InChI=1S/C12H9N3O4S.Na.H/c16-9-5-7-10(8-6-9)20(17,18)19-15-12-4-2-1-3-11(12)13-14-15;;/h1-8,16H;;/q;+1;-1. The number of aromatic hydroxyl groups is 1. The van der Waals surface area contributed by atoms with Crippen molar-refractivity contribution in [2.75, 3.05) is 0 Å². The van der Waals surface area contributed by atoms with Crippen molar-refractivity contribution in [1.82, 2.24) is 15.2 Å². The van der Waals surface area contributed by atoms with Gasteiger partial charge in [-0.05, 0) is 41.6 Å². The van der Waals surface area contributed by atoms with Gasteiger partial charge in [-0.3, -0.25) is 4.28 Å². The maximum atomic E-state index is 12.1. The van der Waals surface area contributed by atoms with E-state index in [1.165, 1.54) is 24.3 Å². The van der Waals surface area contributed by atoms with Gasteiger partial charge in [-0.15, -0.1) is 5.10 Å². The molecule has 3 rings (SSSR count). The Balaban J connectivity index is 0.00000121. The molecule has 0 aliphatic carbocycles. The number of benzene rings is 2. The van der Waals surface area contributed by atoms with Gasteiger partial charge in [-0.1, -0.05) is 17.0 Å². The number of fused-ring (bicyclic) bond motifs is 1. The molecular formula is C12H10N3NaO4S. The second-order valence-electron chi connectivity index (χ2n) is 3.97. The van der Waals surface area contributed by atoms with E-state index in [-0.39, 0.29) is 41.6 Å². The van der Waals surface area contributed by atoms with Gasteiger partial charge in [0.25, 0.3) is 0 Å². The molecule has 104 valence electrons. The van der Waals surface area contributed by atoms with Crippen molar-refractivity contribution < 1.29 is 48.8 Å². The van der Waals surface area contributed by atoms with Crippen LogP contribution in [0, 0.1) is 0 Å². The topological polar surface area (TPSA) is 94.3 Å². The minimum Gasteiger partial charge on any atom is -1.00 e. The van der Waals surface area contributed by atoms with Gasteiger partial charge in [-0.2, -0.15) is 8.42 Å². The molecule has 21 heavy (non-hydrogen) atoms. The van der Waals surface area contributed by atoms with Gasteiger partial charge in [0.05, 0.1) is 0 Å². The van der Waals surface area contributed by atoms with Gasteiger partial charge >= 0.3 is 39.7 Å². The predicted molar refractivity (Wildman–Crippen MR) is 70.5 cm³/mol. The van der Waals surface area contributed by atoms with Crippen molar-refractivity contribution in [3.63, 3.8) is 0 Å². The van der Waals surface area contributed by atoms with Crippen LogP contribution in [0.25, 0.3) is 11.0 Å². The Morgan fingerprint density at radius 1 is 1.10 bits per heavy atom. The fourth-order valence-corrected chi connectivity index (χ4v) is 2.50. The van der Waals surface area contributed by atoms with Crippen LogP contribution in [0.3, 0.4) is 0 Å². The van der Waals surface area contributed by atoms with Crippen molar-refractivity contribution in [3.8, 4) is 5.75 Å². The first-order chi connectivity index (χ1) is 9.56. The molecule has 9 heteroatoms. The number of aromatic nitrogens is 3. The SMILES string of the molecule is O=S(=O)(On1nnc2ccccc21)c1ccc(O)cc1.[H-].[Na+]. The zero-order valence-corrected chi connectivity index (χ0v) is 13.9. The van der Waals surface area contributed by atoms with Crippen LogP contribution in [0.15, 0.2) is 53.4 Å². The molecule has 0 aliphatic heterocycles. The summed E-state index contributed by atoms with van der Waals surface area (Å²) in [6, 6.07) is 11.8. The van der Waals surface area contributed by atoms with Gasteiger partial charge in [0.15, 0.2) is 0 Å². The molecule has 7 nitrogen and oxygen atoms in total. The van der Waals surface area contributed by atoms with E-state index in [0.29, 0.717) is 11.0 Å². The Labute approximate surface area is 144 Å². The molecule has 0 amide bonds. The second-order valence-corrected chi connectivity index (χ2v) is 5.50. The van der Waals surface area contributed by atoms with Gasteiger partial charge in [0.1, 0.15) is 21.7 Å². The van der Waals surface area contributed by atoms with Crippen molar-refractivity contribution in [2.24, 2.45) is 0 Å². The molecule has 0 bridgehead atoms. The van der Waals surface area contributed by atoms with Gasteiger partial charge in [0, 0.05) is 0 Å². The van der Waals surface area contributed by atoms with Crippen LogP contribution in [0.2, 0.25) is 0 Å². The molecule has 0 fully saturated rings. The summed E-state index contributed by atoms with van der Waals surface area (Å²) >= 11 is 0. The van der Waals surface area contributed by atoms with Crippen LogP contribution in [-0.4, -0.2) is 28.7 Å². The molecule has 0 atom stereocenters. The molecule has 1 N–H and O–H groups in total. The molecule has 3 aromatic rings. The fraction of sp³-hybridized carbons (Fsp3) is 0. The Hall–Kier alpha value is -1.61. The van der Waals surface area contributed by atoms with Gasteiger partial charge in [0.2, 0.25) is 0 Å². The molecule has 0 spiro atoms. The summed E-state index contributed by atoms with van der Waals surface area (Å²) in [6.45, 7) is 0. The first kappa shape index (κ1) is 15.8. The number of phenolic OH excluding ortho intramolecular Hbond substituents is 1. The van der Waals surface area contributed by atoms with E-state index in [2.05, 4.69) is 10.3 Å². The van der Waals surface area contributed by atoms with E-state index >= 15 is 0 Å². The zero-order chi connectivity index (χ0) is 14.2. The largest absolute Gasteiger partial charge is 1.00 e. The smallest absolute Gasteiger partial charge is 1.00 e. The molecule has 0 aliphatic rings. The Bertz CT molecular complexity index is 867. The van der Waals surface area contributed by atoms with Crippen LogP contribution in [-0.2, 0) is 10.1 Å². The molecule has 1 heterocycles. The monoisotopic (exact) mass is 315 g/mol. The predicted octanol–water partition coefficient (Wildman–Crippen LogP) is -1.93. The molecule has 0 saturated heterocycles. The zero-order valence-electron chi connectivity index (χ0n) is 12.0.